The minimum absolute atomic E-state index is 0.101. The number of amides is 1. The molecule has 118 valence electrons. The van der Waals surface area contributed by atoms with E-state index in [9.17, 15) is 4.79 Å². The summed E-state index contributed by atoms with van der Waals surface area (Å²) >= 11 is 6.04. The zero-order valence-electron chi connectivity index (χ0n) is 12.8. The first-order valence-electron chi connectivity index (χ1n) is 7.49. The number of rotatable bonds is 5. The summed E-state index contributed by atoms with van der Waals surface area (Å²) < 4.78 is 1.96. The van der Waals surface area contributed by atoms with E-state index in [-0.39, 0.29) is 5.91 Å². The monoisotopic (exact) mass is 328 g/mol. The van der Waals surface area contributed by atoms with Crippen LogP contribution in [0.15, 0.2) is 42.6 Å². The summed E-state index contributed by atoms with van der Waals surface area (Å²) in [5.74, 6) is 0.796. The van der Waals surface area contributed by atoms with E-state index in [1.54, 1.807) is 18.2 Å². The molecule has 0 bridgehead atoms. The van der Waals surface area contributed by atoms with Crippen LogP contribution in [0, 0.1) is 6.92 Å². The van der Waals surface area contributed by atoms with Crippen molar-refractivity contribution in [2.45, 2.75) is 19.8 Å². The number of carbonyl (C=O) groups excluding carboxylic acids is 1. The van der Waals surface area contributed by atoms with Crippen LogP contribution in [0.25, 0.3) is 5.65 Å². The van der Waals surface area contributed by atoms with Gasteiger partial charge in [-0.25, -0.2) is 0 Å². The lowest BCUT2D eigenvalue weighted by Crippen LogP contribution is -2.25. The number of hydrogen-bond donors (Lipinski definition) is 1. The molecule has 2 heterocycles. The van der Waals surface area contributed by atoms with E-state index in [2.05, 4.69) is 15.5 Å². The first kappa shape index (κ1) is 15.5. The number of carbonyl (C=O) groups is 1. The molecule has 1 aromatic carbocycles. The Bertz CT molecular complexity index is 843. The lowest BCUT2D eigenvalue weighted by molar-refractivity contribution is 0.0952. The van der Waals surface area contributed by atoms with Gasteiger partial charge in [0.15, 0.2) is 5.65 Å². The van der Waals surface area contributed by atoms with Gasteiger partial charge >= 0.3 is 0 Å². The highest BCUT2D eigenvalue weighted by Crippen LogP contribution is 2.18. The highest BCUT2D eigenvalue weighted by Gasteiger charge is 2.10. The predicted octanol–water partition coefficient (Wildman–Crippen LogP) is 3.05. The quantitative estimate of drug-likeness (QED) is 0.732. The summed E-state index contributed by atoms with van der Waals surface area (Å²) in [5.41, 5.74) is 2.25. The van der Waals surface area contributed by atoms with Crippen molar-refractivity contribution in [1.29, 1.82) is 0 Å². The topological polar surface area (TPSA) is 59.3 Å². The summed E-state index contributed by atoms with van der Waals surface area (Å²) in [4.78, 5) is 12.2. The molecule has 1 N–H and O–H groups in total. The van der Waals surface area contributed by atoms with Gasteiger partial charge in [0.25, 0.3) is 5.91 Å². The number of aryl methyl sites for hydroxylation is 1. The van der Waals surface area contributed by atoms with Gasteiger partial charge in [-0.1, -0.05) is 23.7 Å². The van der Waals surface area contributed by atoms with E-state index in [1.807, 2.05) is 35.7 Å². The standard InChI is InChI=1S/C17H17ClN4O/c1-12-13(6-4-7-14(12)18)17(23)19-10-5-9-16-21-20-15-8-2-3-11-22(15)16/h2-4,6-8,11H,5,9-10H2,1H3,(H,19,23). The van der Waals surface area contributed by atoms with Crippen molar-refractivity contribution in [3.05, 3.63) is 64.6 Å². The van der Waals surface area contributed by atoms with Crippen molar-refractivity contribution in [2.24, 2.45) is 0 Å². The largest absolute Gasteiger partial charge is 0.352 e. The molecule has 0 atom stereocenters. The summed E-state index contributed by atoms with van der Waals surface area (Å²) in [6.07, 6.45) is 3.49. The van der Waals surface area contributed by atoms with E-state index in [4.69, 9.17) is 11.6 Å². The van der Waals surface area contributed by atoms with E-state index >= 15 is 0 Å². The third kappa shape index (κ3) is 3.35. The Kier molecular flexibility index (Phi) is 4.57. The average molecular weight is 329 g/mol. The fraction of sp³-hybridized carbons (Fsp3) is 0.235. The Morgan fingerprint density at radius 1 is 1.22 bits per heavy atom. The van der Waals surface area contributed by atoms with Gasteiger partial charge < -0.3 is 5.32 Å². The lowest BCUT2D eigenvalue weighted by atomic mass is 10.1. The van der Waals surface area contributed by atoms with Gasteiger partial charge in [-0.3, -0.25) is 9.20 Å². The maximum atomic E-state index is 12.2. The van der Waals surface area contributed by atoms with E-state index in [0.29, 0.717) is 17.1 Å². The van der Waals surface area contributed by atoms with Gasteiger partial charge in [-0.05, 0) is 43.2 Å². The third-order valence-electron chi connectivity index (χ3n) is 3.76. The average Bonchev–Trinajstić information content (AvgIpc) is 2.97. The Balaban J connectivity index is 1.55. The van der Waals surface area contributed by atoms with E-state index in [0.717, 1.165) is 29.9 Å². The van der Waals surface area contributed by atoms with Crippen LogP contribution < -0.4 is 5.32 Å². The van der Waals surface area contributed by atoms with Crippen LogP contribution in [0.1, 0.15) is 28.2 Å². The maximum Gasteiger partial charge on any atom is 0.251 e. The second kappa shape index (κ2) is 6.79. The number of halogens is 1. The molecule has 23 heavy (non-hydrogen) atoms. The number of nitrogens with one attached hydrogen (secondary N) is 1. The molecule has 2 aromatic heterocycles. The summed E-state index contributed by atoms with van der Waals surface area (Å²) in [5, 5.41) is 11.8. The third-order valence-corrected chi connectivity index (χ3v) is 4.17. The van der Waals surface area contributed by atoms with Crippen molar-refractivity contribution >= 4 is 23.2 Å². The molecular weight excluding hydrogens is 312 g/mol. The molecule has 0 fully saturated rings. The van der Waals surface area contributed by atoms with Crippen LogP contribution in [0.3, 0.4) is 0 Å². The van der Waals surface area contributed by atoms with Gasteiger partial charge in [-0.15, -0.1) is 10.2 Å². The minimum atomic E-state index is -0.101. The molecule has 0 saturated heterocycles. The minimum Gasteiger partial charge on any atom is -0.352 e. The van der Waals surface area contributed by atoms with Gasteiger partial charge in [0.05, 0.1) is 0 Å². The number of hydrogen-bond acceptors (Lipinski definition) is 3. The van der Waals surface area contributed by atoms with Gasteiger partial charge in [0.1, 0.15) is 5.82 Å². The SMILES string of the molecule is Cc1c(Cl)cccc1C(=O)NCCCc1nnc2ccccn12. The van der Waals surface area contributed by atoms with Gasteiger partial charge in [-0.2, -0.15) is 0 Å². The Hall–Kier alpha value is -2.40. The number of nitrogens with zero attached hydrogens (tertiary/aromatic N) is 3. The molecule has 1 amide bonds. The summed E-state index contributed by atoms with van der Waals surface area (Å²) in [7, 11) is 0. The molecule has 0 unspecified atom stereocenters. The van der Waals surface area contributed by atoms with Crippen molar-refractivity contribution in [3.8, 4) is 0 Å². The molecule has 0 aliphatic carbocycles. The molecule has 5 nitrogen and oxygen atoms in total. The molecule has 3 rings (SSSR count). The number of benzene rings is 1. The van der Waals surface area contributed by atoms with Crippen LogP contribution in [0.5, 0.6) is 0 Å². The molecule has 3 aromatic rings. The van der Waals surface area contributed by atoms with E-state index < -0.39 is 0 Å². The molecular formula is C17H17ClN4O. The molecule has 6 heteroatoms. The normalized spacial score (nSPS) is 10.9. The first-order chi connectivity index (χ1) is 11.2. The highest BCUT2D eigenvalue weighted by molar-refractivity contribution is 6.31. The van der Waals surface area contributed by atoms with Crippen LogP contribution in [-0.4, -0.2) is 27.0 Å². The van der Waals surface area contributed by atoms with Crippen molar-refractivity contribution in [2.75, 3.05) is 6.54 Å². The van der Waals surface area contributed by atoms with Gasteiger partial charge in [0.2, 0.25) is 0 Å². The Labute approximate surface area is 139 Å². The summed E-state index contributed by atoms with van der Waals surface area (Å²) in [6.45, 7) is 2.42. The van der Waals surface area contributed by atoms with Crippen LogP contribution >= 0.6 is 11.6 Å². The van der Waals surface area contributed by atoms with Crippen molar-refractivity contribution < 1.29 is 4.79 Å². The smallest absolute Gasteiger partial charge is 0.251 e. The molecule has 0 radical (unpaired) electrons. The zero-order chi connectivity index (χ0) is 16.2. The summed E-state index contributed by atoms with van der Waals surface area (Å²) in [6, 6.07) is 11.1. The molecule has 0 spiro atoms. The van der Waals surface area contributed by atoms with E-state index in [1.165, 1.54) is 0 Å². The maximum absolute atomic E-state index is 12.2. The van der Waals surface area contributed by atoms with Crippen LogP contribution in [0.2, 0.25) is 5.02 Å². The Morgan fingerprint density at radius 2 is 2.09 bits per heavy atom. The van der Waals surface area contributed by atoms with Crippen molar-refractivity contribution in [3.63, 3.8) is 0 Å². The highest BCUT2D eigenvalue weighted by atomic mass is 35.5. The van der Waals surface area contributed by atoms with Crippen LogP contribution in [-0.2, 0) is 6.42 Å². The van der Waals surface area contributed by atoms with Gasteiger partial charge in [0, 0.05) is 29.7 Å². The second-order valence-corrected chi connectivity index (χ2v) is 5.72. The van der Waals surface area contributed by atoms with Crippen molar-refractivity contribution in [1.82, 2.24) is 19.9 Å². The lowest BCUT2D eigenvalue weighted by Gasteiger charge is -2.08. The zero-order valence-corrected chi connectivity index (χ0v) is 13.5. The fourth-order valence-corrected chi connectivity index (χ4v) is 2.63. The number of aromatic nitrogens is 3. The first-order valence-corrected chi connectivity index (χ1v) is 7.86. The predicted molar refractivity (Wildman–Crippen MR) is 89.8 cm³/mol. The second-order valence-electron chi connectivity index (χ2n) is 5.32. The number of fused-ring (bicyclic) bond motifs is 1. The van der Waals surface area contributed by atoms with Crippen LogP contribution in [0.4, 0.5) is 0 Å². The Morgan fingerprint density at radius 3 is 2.96 bits per heavy atom. The number of pyridine rings is 1. The molecule has 0 aliphatic heterocycles. The fourth-order valence-electron chi connectivity index (χ4n) is 2.46. The molecule has 0 aliphatic rings. The molecule has 0 saturated carbocycles.